The van der Waals surface area contributed by atoms with Gasteiger partial charge in [0.2, 0.25) is 5.91 Å². The summed E-state index contributed by atoms with van der Waals surface area (Å²) in [5.41, 5.74) is 1.07. The Morgan fingerprint density at radius 3 is 2.36 bits per heavy atom. The molecular weight excluding hydrogens is 281 g/mol. The smallest absolute Gasteiger partial charge is 0.399 e. The van der Waals surface area contributed by atoms with Crippen LogP contribution in [0.4, 0.5) is 5.82 Å². The molecule has 1 saturated heterocycles. The summed E-state index contributed by atoms with van der Waals surface area (Å²) in [7, 11) is 1.18. The van der Waals surface area contributed by atoms with Crippen molar-refractivity contribution in [1.29, 1.82) is 0 Å². The van der Waals surface area contributed by atoms with Gasteiger partial charge in [0.25, 0.3) is 0 Å². The second-order valence-electron chi connectivity index (χ2n) is 6.55. The zero-order valence-corrected chi connectivity index (χ0v) is 14.1. The number of hydrogen-bond donors (Lipinski definition) is 2. The molecule has 0 spiro atoms. The summed E-state index contributed by atoms with van der Waals surface area (Å²) < 4.78 is 12.0. The van der Waals surface area contributed by atoms with Gasteiger partial charge >= 0.3 is 7.12 Å². The van der Waals surface area contributed by atoms with Crippen molar-refractivity contribution in [1.82, 2.24) is 10.3 Å². The Morgan fingerprint density at radius 2 is 1.86 bits per heavy atom. The van der Waals surface area contributed by atoms with E-state index in [1.165, 1.54) is 0 Å². The number of likely N-dealkylation sites (N-methyl/N-ethyl adjacent to an activating group) is 1. The number of nitrogens with one attached hydrogen (secondary N) is 2. The van der Waals surface area contributed by atoms with Crippen LogP contribution in [0, 0.1) is 6.92 Å². The van der Waals surface area contributed by atoms with Gasteiger partial charge in [-0.3, -0.25) is 4.79 Å². The van der Waals surface area contributed by atoms with Crippen molar-refractivity contribution in [2.75, 3.05) is 18.9 Å². The number of rotatable bonds is 4. The highest BCUT2D eigenvalue weighted by atomic mass is 16.7. The first-order valence-corrected chi connectivity index (χ1v) is 7.43. The first kappa shape index (κ1) is 16.8. The predicted octanol–water partition coefficient (Wildman–Crippen LogP) is 0.847. The van der Waals surface area contributed by atoms with E-state index in [0.717, 1.165) is 11.0 Å². The summed E-state index contributed by atoms with van der Waals surface area (Å²) in [5, 5.41) is 5.57. The monoisotopic (exact) mass is 305 g/mol. The largest absolute Gasteiger partial charge is 0.496 e. The molecule has 0 bridgehead atoms. The molecule has 0 radical (unpaired) electrons. The molecular formula is C15H24BN3O3. The van der Waals surface area contributed by atoms with E-state index in [-0.39, 0.29) is 23.7 Å². The Balaban J connectivity index is 2.12. The van der Waals surface area contributed by atoms with E-state index >= 15 is 0 Å². The minimum atomic E-state index is -0.427. The van der Waals surface area contributed by atoms with Crippen LogP contribution in [-0.2, 0) is 14.1 Å². The van der Waals surface area contributed by atoms with Crippen LogP contribution in [-0.4, -0.2) is 42.8 Å². The highest BCUT2D eigenvalue weighted by Crippen LogP contribution is 2.36. The van der Waals surface area contributed by atoms with Crippen LogP contribution < -0.4 is 16.1 Å². The highest BCUT2D eigenvalue weighted by molar-refractivity contribution is 6.62. The summed E-state index contributed by atoms with van der Waals surface area (Å²) in [6.07, 6.45) is 1.72. The standard InChI is InChI=1S/C15H24BN3O3/c1-10-7-11(8-18-13(10)19-9-12(20)17-6)16-21-14(2,3)15(4,5)22-16/h7-8H,9H2,1-6H3,(H,17,20)(H,18,19). The maximum absolute atomic E-state index is 11.3. The molecule has 1 aliphatic rings. The van der Waals surface area contributed by atoms with Crippen molar-refractivity contribution in [2.24, 2.45) is 0 Å². The molecule has 22 heavy (non-hydrogen) atoms. The normalized spacial score (nSPS) is 19.1. The van der Waals surface area contributed by atoms with Gasteiger partial charge in [-0.15, -0.1) is 0 Å². The van der Waals surface area contributed by atoms with Crippen LogP contribution in [0.25, 0.3) is 0 Å². The summed E-state index contributed by atoms with van der Waals surface area (Å²) >= 11 is 0. The third kappa shape index (κ3) is 3.25. The lowest BCUT2D eigenvalue weighted by Crippen LogP contribution is -2.41. The maximum atomic E-state index is 11.3. The Labute approximate surface area is 132 Å². The molecule has 1 aromatic rings. The van der Waals surface area contributed by atoms with Crippen molar-refractivity contribution in [3.8, 4) is 0 Å². The average Bonchev–Trinajstić information content (AvgIpc) is 2.65. The molecule has 2 heterocycles. The van der Waals surface area contributed by atoms with Crippen molar-refractivity contribution in [3.63, 3.8) is 0 Å². The molecule has 2 N–H and O–H groups in total. The number of anilines is 1. The van der Waals surface area contributed by atoms with Gasteiger partial charge in [0.15, 0.2) is 0 Å². The van der Waals surface area contributed by atoms with Crippen molar-refractivity contribution in [2.45, 2.75) is 45.8 Å². The second kappa shape index (κ2) is 5.89. The van der Waals surface area contributed by atoms with E-state index in [4.69, 9.17) is 9.31 Å². The number of aromatic nitrogens is 1. The van der Waals surface area contributed by atoms with E-state index in [9.17, 15) is 4.79 Å². The number of carbonyl (C=O) groups is 1. The van der Waals surface area contributed by atoms with Crippen LogP contribution in [0.3, 0.4) is 0 Å². The fourth-order valence-electron chi connectivity index (χ4n) is 2.14. The van der Waals surface area contributed by atoms with Crippen molar-refractivity contribution >= 4 is 24.3 Å². The highest BCUT2D eigenvalue weighted by Gasteiger charge is 2.51. The van der Waals surface area contributed by atoms with Gasteiger partial charge in [-0.2, -0.15) is 0 Å². The van der Waals surface area contributed by atoms with E-state index in [0.29, 0.717) is 5.82 Å². The van der Waals surface area contributed by atoms with E-state index in [2.05, 4.69) is 15.6 Å². The van der Waals surface area contributed by atoms with Crippen LogP contribution in [0.2, 0.25) is 0 Å². The first-order valence-electron chi connectivity index (χ1n) is 7.43. The Bertz CT molecular complexity index is 559. The fraction of sp³-hybridized carbons (Fsp3) is 0.600. The third-order valence-corrected chi connectivity index (χ3v) is 4.32. The molecule has 120 valence electrons. The molecule has 1 aromatic heterocycles. The van der Waals surface area contributed by atoms with Crippen LogP contribution in [0.5, 0.6) is 0 Å². The molecule has 0 aliphatic carbocycles. The molecule has 7 heteroatoms. The number of nitrogens with zero attached hydrogens (tertiary/aromatic N) is 1. The zero-order valence-electron chi connectivity index (χ0n) is 14.1. The number of hydrogen-bond acceptors (Lipinski definition) is 5. The molecule has 1 fully saturated rings. The van der Waals surface area contributed by atoms with Crippen LogP contribution in [0.1, 0.15) is 33.3 Å². The Morgan fingerprint density at radius 1 is 1.27 bits per heavy atom. The predicted molar refractivity (Wildman–Crippen MR) is 87.2 cm³/mol. The minimum absolute atomic E-state index is 0.0868. The van der Waals surface area contributed by atoms with Gasteiger partial charge in [0.05, 0.1) is 17.7 Å². The molecule has 2 rings (SSSR count). The average molecular weight is 305 g/mol. The molecule has 1 aliphatic heterocycles. The van der Waals surface area contributed by atoms with Gasteiger partial charge in [-0.1, -0.05) is 6.07 Å². The summed E-state index contributed by atoms with van der Waals surface area (Å²) in [6, 6.07) is 1.97. The number of pyridine rings is 1. The van der Waals surface area contributed by atoms with Gasteiger partial charge in [-0.25, -0.2) is 4.98 Å². The Kier molecular flexibility index (Phi) is 4.49. The number of carbonyl (C=O) groups excluding carboxylic acids is 1. The third-order valence-electron chi connectivity index (χ3n) is 4.32. The number of amides is 1. The quantitative estimate of drug-likeness (QED) is 0.807. The number of aryl methyl sites for hydroxylation is 1. The fourth-order valence-corrected chi connectivity index (χ4v) is 2.14. The van der Waals surface area contributed by atoms with Gasteiger partial charge in [0.1, 0.15) is 5.82 Å². The van der Waals surface area contributed by atoms with Gasteiger partial charge in [-0.05, 0) is 40.2 Å². The molecule has 0 unspecified atom stereocenters. The molecule has 0 atom stereocenters. The van der Waals surface area contributed by atoms with Gasteiger partial charge in [0, 0.05) is 18.7 Å². The van der Waals surface area contributed by atoms with E-state index in [1.54, 1.807) is 13.2 Å². The molecule has 6 nitrogen and oxygen atoms in total. The molecule has 0 aromatic carbocycles. The van der Waals surface area contributed by atoms with Crippen LogP contribution in [0.15, 0.2) is 12.3 Å². The molecule has 1 amide bonds. The Hall–Kier alpha value is -1.60. The molecule has 0 saturated carbocycles. The summed E-state index contributed by atoms with van der Waals surface area (Å²) in [4.78, 5) is 15.6. The van der Waals surface area contributed by atoms with Crippen molar-refractivity contribution < 1.29 is 14.1 Å². The zero-order chi connectivity index (χ0) is 16.5. The first-order chi connectivity index (χ1) is 10.2. The minimum Gasteiger partial charge on any atom is -0.399 e. The lowest BCUT2D eigenvalue weighted by molar-refractivity contribution is -0.118. The summed E-state index contributed by atoms with van der Waals surface area (Å²) in [5.74, 6) is 0.597. The topological polar surface area (TPSA) is 72.5 Å². The van der Waals surface area contributed by atoms with E-state index < -0.39 is 7.12 Å². The lowest BCUT2D eigenvalue weighted by Gasteiger charge is -2.32. The SMILES string of the molecule is CNC(=O)CNc1ncc(B2OC(C)(C)C(C)(C)O2)cc1C. The summed E-state index contributed by atoms with van der Waals surface area (Å²) in [6.45, 7) is 10.2. The second-order valence-corrected chi connectivity index (χ2v) is 6.55. The van der Waals surface area contributed by atoms with Gasteiger partial charge < -0.3 is 19.9 Å². The maximum Gasteiger partial charge on any atom is 0.496 e. The van der Waals surface area contributed by atoms with E-state index in [1.807, 2.05) is 40.7 Å². The lowest BCUT2D eigenvalue weighted by atomic mass is 9.80. The van der Waals surface area contributed by atoms with Crippen molar-refractivity contribution in [3.05, 3.63) is 17.8 Å². The van der Waals surface area contributed by atoms with Crippen LogP contribution >= 0.6 is 0 Å².